The predicted molar refractivity (Wildman–Crippen MR) is 100 cm³/mol. The third-order valence-electron chi connectivity index (χ3n) is 2.85. The van der Waals surface area contributed by atoms with E-state index >= 15 is 0 Å². The molecule has 0 aliphatic rings. The van der Waals surface area contributed by atoms with Crippen LogP contribution in [0.4, 0.5) is 0 Å². The fourth-order valence-corrected chi connectivity index (χ4v) is 4.12. The molecule has 0 aliphatic carbocycles. The summed E-state index contributed by atoms with van der Waals surface area (Å²) in [6, 6.07) is 15.6. The lowest BCUT2D eigenvalue weighted by Crippen LogP contribution is -2.19. The van der Waals surface area contributed by atoms with Crippen LogP contribution in [0.25, 0.3) is 10.2 Å². The number of halogens is 1. The molecule has 0 atom stereocenters. The third-order valence-corrected chi connectivity index (χ3v) is 5.53. The van der Waals surface area contributed by atoms with E-state index in [9.17, 15) is 4.79 Å². The average Bonchev–Trinajstić information content (AvgIpc) is 2.96. The van der Waals surface area contributed by atoms with Crippen LogP contribution in [0.15, 0.2) is 62.4 Å². The minimum atomic E-state index is -0.152. The van der Waals surface area contributed by atoms with E-state index in [1.807, 2.05) is 48.5 Å². The van der Waals surface area contributed by atoms with Gasteiger partial charge in [-0.15, -0.1) is 11.3 Å². The van der Waals surface area contributed by atoms with Gasteiger partial charge in [-0.05, 0) is 29.8 Å². The Morgan fingerprint density at radius 3 is 3.00 bits per heavy atom. The van der Waals surface area contributed by atoms with Gasteiger partial charge in [-0.2, -0.15) is 5.10 Å². The molecule has 116 valence electrons. The minimum Gasteiger partial charge on any atom is -0.272 e. The molecule has 0 aliphatic heterocycles. The van der Waals surface area contributed by atoms with Gasteiger partial charge in [0.1, 0.15) is 0 Å². The Kier molecular flexibility index (Phi) is 5.43. The van der Waals surface area contributed by atoms with Crippen molar-refractivity contribution in [1.82, 2.24) is 10.4 Å². The van der Waals surface area contributed by atoms with Crippen LogP contribution < -0.4 is 5.43 Å². The number of hydrogen-bond donors (Lipinski definition) is 1. The number of carbonyl (C=O) groups is 1. The highest BCUT2D eigenvalue weighted by Crippen LogP contribution is 2.28. The fourth-order valence-electron chi connectivity index (χ4n) is 1.84. The molecule has 1 amide bonds. The number of hydrazone groups is 1. The Morgan fingerprint density at radius 2 is 2.17 bits per heavy atom. The van der Waals surface area contributed by atoms with Gasteiger partial charge in [0.2, 0.25) is 0 Å². The number of carbonyl (C=O) groups excluding carboxylic acids is 1. The number of aromatic nitrogens is 1. The zero-order chi connectivity index (χ0) is 16.1. The van der Waals surface area contributed by atoms with Gasteiger partial charge in [0.25, 0.3) is 5.91 Å². The van der Waals surface area contributed by atoms with Crippen molar-refractivity contribution in [3.8, 4) is 0 Å². The first-order valence-corrected chi connectivity index (χ1v) is 9.36. The Labute approximate surface area is 150 Å². The summed E-state index contributed by atoms with van der Waals surface area (Å²) in [5, 5.41) is 3.96. The normalized spacial score (nSPS) is 11.2. The molecule has 7 heteroatoms. The molecular formula is C16H12BrN3OS2. The first-order chi connectivity index (χ1) is 11.2. The summed E-state index contributed by atoms with van der Waals surface area (Å²) in [6.07, 6.45) is 1.62. The first kappa shape index (κ1) is 16.2. The number of thioether (sulfide) groups is 1. The third kappa shape index (κ3) is 4.63. The molecule has 0 spiro atoms. The van der Waals surface area contributed by atoms with Crippen LogP contribution in [0.5, 0.6) is 0 Å². The number of fused-ring (bicyclic) bond motifs is 1. The molecule has 1 aromatic heterocycles. The van der Waals surface area contributed by atoms with Crippen LogP contribution in [-0.2, 0) is 4.79 Å². The highest BCUT2D eigenvalue weighted by atomic mass is 79.9. The molecule has 23 heavy (non-hydrogen) atoms. The topological polar surface area (TPSA) is 54.4 Å². The number of benzene rings is 2. The standard InChI is InChI=1S/C16H12BrN3OS2/c17-12-5-3-4-11(8-12)9-18-20-15(21)10-22-16-19-13-6-1-2-7-14(13)23-16/h1-9H,10H2,(H,20,21). The number of nitrogens with zero attached hydrogens (tertiary/aromatic N) is 2. The summed E-state index contributed by atoms with van der Waals surface area (Å²) in [5.74, 6) is 0.135. The second-order valence-corrected chi connectivity index (χ2v) is 7.75. The maximum absolute atomic E-state index is 11.8. The molecule has 3 rings (SSSR count). The largest absolute Gasteiger partial charge is 0.272 e. The zero-order valence-electron chi connectivity index (χ0n) is 11.9. The fraction of sp³-hybridized carbons (Fsp3) is 0.0625. The molecule has 4 nitrogen and oxygen atoms in total. The van der Waals surface area contributed by atoms with Crippen molar-refractivity contribution in [2.45, 2.75) is 4.34 Å². The van der Waals surface area contributed by atoms with Crippen LogP contribution in [0, 0.1) is 0 Å². The van der Waals surface area contributed by atoms with Crippen LogP contribution in [-0.4, -0.2) is 22.9 Å². The molecule has 0 radical (unpaired) electrons. The maximum Gasteiger partial charge on any atom is 0.250 e. The molecule has 1 heterocycles. The molecule has 0 unspecified atom stereocenters. The Hall–Kier alpha value is -1.70. The van der Waals surface area contributed by atoms with Crippen LogP contribution >= 0.6 is 39.0 Å². The van der Waals surface area contributed by atoms with Gasteiger partial charge < -0.3 is 0 Å². The summed E-state index contributed by atoms with van der Waals surface area (Å²) in [4.78, 5) is 16.3. The van der Waals surface area contributed by atoms with E-state index in [0.717, 1.165) is 24.6 Å². The quantitative estimate of drug-likeness (QED) is 0.391. The number of thiazole rings is 1. The van der Waals surface area contributed by atoms with Gasteiger partial charge in [0.15, 0.2) is 4.34 Å². The van der Waals surface area contributed by atoms with Gasteiger partial charge in [-0.25, -0.2) is 10.4 Å². The van der Waals surface area contributed by atoms with Crippen molar-refractivity contribution in [1.29, 1.82) is 0 Å². The second kappa shape index (κ2) is 7.72. The van der Waals surface area contributed by atoms with Gasteiger partial charge in [0.05, 0.1) is 22.2 Å². The minimum absolute atomic E-state index is 0.152. The molecule has 3 aromatic rings. The Balaban J connectivity index is 1.51. The highest BCUT2D eigenvalue weighted by molar-refractivity contribution is 9.10. The summed E-state index contributed by atoms with van der Waals surface area (Å²) >= 11 is 6.40. The van der Waals surface area contributed by atoms with Crippen LogP contribution in [0.3, 0.4) is 0 Å². The Bertz CT molecular complexity index is 830. The number of rotatable bonds is 5. The summed E-state index contributed by atoms with van der Waals surface area (Å²) in [6.45, 7) is 0. The van der Waals surface area contributed by atoms with Crippen molar-refractivity contribution in [3.05, 3.63) is 58.6 Å². The van der Waals surface area contributed by atoms with E-state index in [1.165, 1.54) is 11.8 Å². The molecule has 0 bridgehead atoms. The number of hydrogen-bond acceptors (Lipinski definition) is 5. The second-order valence-electron chi connectivity index (χ2n) is 4.58. The van der Waals surface area contributed by atoms with E-state index in [4.69, 9.17) is 0 Å². The summed E-state index contributed by atoms with van der Waals surface area (Å²) < 4.78 is 2.99. The van der Waals surface area contributed by atoms with Crippen molar-refractivity contribution in [2.24, 2.45) is 5.10 Å². The van der Waals surface area contributed by atoms with Crippen molar-refractivity contribution in [3.63, 3.8) is 0 Å². The van der Waals surface area contributed by atoms with E-state index in [-0.39, 0.29) is 11.7 Å². The lowest BCUT2D eigenvalue weighted by Gasteiger charge is -1.98. The molecular weight excluding hydrogens is 394 g/mol. The molecule has 2 aromatic carbocycles. The van der Waals surface area contributed by atoms with Gasteiger partial charge in [-0.1, -0.05) is 52.0 Å². The maximum atomic E-state index is 11.8. The average molecular weight is 406 g/mol. The molecule has 0 saturated carbocycles. The number of nitrogens with one attached hydrogen (secondary N) is 1. The zero-order valence-corrected chi connectivity index (χ0v) is 15.1. The monoisotopic (exact) mass is 405 g/mol. The molecule has 0 saturated heterocycles. The van der Waals surface area contributed by atoms with Gasteiger partial charge in [-0.3, -0.25) is 4.79 Å². The van der Waals surface area contributed by atoms with E-state index in [1.54, 1.807) is 17.6 Å². The molecule has 0 fully saturated rings. The molecule has 1 N–H and O–H groups in total. The summed E-state index contributed by atoms with van der Waals surface area (Å²) in [5.41, 5.74) is 4.41. The van der Waals surface area contributed by atoms with Crippen LogP contribution in [0.2, 0.25) is 0 Å². The van der Waals surface area contributed by atoms with Crippen molar-refractivity contribution < 1.29 is 4.79 Å². The lowest BCUT2D eigenvalue weighted by molar-refractivity contribution is -0.118. The number of para-hydroxylation sites is 1. The van der Waals surface area contributed by atoms with Crippen molar-refractivity contribution in [2.75, 3.05) is 5.75 Å². The van der Waals surface area contributed by atoms with Gasteiger partial charge >= 0.3 is 0 Å². The number of amides is 1. The van der Waals surface area contributed by atoms with E-state index in [2.05, 4.69) is 31.4 Å². The predicted octanol–water partition coefficient (Wildman–Crippen LogP) is 4.30. The van der Waals surface area contributed by atoms with E-state index < -0.39 is 0 Å². The SMILES string of the molecule is O=C(CSc1nc2ccccc2s1)NN=Cc1cccc(Br)c1. The van der Waals surface area contributed by atoms with Crippen molar-refractivity contribution >= 4 is 61.4 Å². The first-order valence-electron chi connectivity index (χ1n) is 6.76. The van der Waals surface area contributed by atoms with Crippen LogP contribution in [0.1, 0.15) is 5.56 Å². The van der Waals surface area contributed by atoms with E-state index in [0.29, 0.717) is 0 Å². The lowest BCUT2D eigenvalue weighted by atomic mass is 10.2. The Morgan fingerprint density at radius 1 is 1.30 bits per heavy atom. The van der Waals surface area contributed by atoms with Gasteiger partial charge in [0, 0.05) is 4.47 Å². The smallest absolute Gasteiger partial charge is 0.250 e. The highest BCUT2D eigenvalue weighted by Gasteiger charge is 2.06. The summed E-state index contributed by atoms with van der Waals surface area (Å²) in [7, 11) is 0.